The highest BCUT2D eigenvalue weighted by Crippen LogP contribution is 2.18. The first-order chi connectivity index (χ1) is 16.1. The first-order valence-electron chi connectivity index (χ1n) is 11.4. The zero-order valence-electron chi connectivity index (χ0n) is 18.3. The molecule has 0 radical (unpaired) electrons. The van der Waals surface area contributed by atoms with Crippen LogP contribution in [0, 0.1) is 5.82 Å². The first kappa shape index (κ1) is 21.3. The second kappa shape index (κ2) is 9.15. The summed E-state index contributed by atoms with van der Waals surface area (Å²) in [7, 11) is 0. The van der Waals surface area contributed by atoms with Gasteiger partial charge in [0.05, 0.1) is 23.8 Å². The Labute approximate surface area is 190 Å². The molecule has 8 heteroatoms. The summed E-state index contributed by atoms with van der Waals surface area (Å²) in [6.45, 7) is 4.15. The van der Waals surface area contributed by atoms with Gasteiger partial charge in [-0.1, -0.05) is 12.1 Å². The SMILES string of the molecule is O=C(NCCCN1CCCC1)c1ccc2c(c1)n(Cc1ccc(F)cc1)c(=O)c1ccnn12. The molecule has 0 unspecified atom stereocenters. The molecule has 33 heavy (non-hydrogen) atoms. The van der Waals surface area contributed by atoms with Gasteiger partial charge < -0.3 is 14.8 Å². The minimum atomic E-state index is -0.328. The molecule has 0 atom stereocenters. The van der Waals surface area contributed by atoms with Gasteiger partial charge in [0.2, 0.25) is 0 Å². The van der Waals surface area contributed by atoms with Crippen molar-refractivity contribution in [2.75, 3.05) is 26.2 Å². The van der Waals surface area contributed by atoms with Crippen LogP contribution in [0.5, 0.6) is 0 Å². The lowest BCUT2D eigenvalue weighted by Crippen LogP contribution is -2.29. The quantitative estimate of drug-likeness (QED) is 0.442. The van der Waals surface area contributed by atoms with Gasteiger partial charge in [-0.25, -0.2) is 8.91 Å². The summed E-state index contributed by atoms with van der Waals surface area (Å²) in [5, 5.41) is 7.28. The number of fused-ring (bicyclic) bond motifs is 3. The van der Waals surface area contributed by atoms with Crippen molar-refractivity contribution in [3.8, 4) is 0 Å². The van der Waals surface area contributed by atoms with E-state index in [-0.39, 0.29) is 23.8 Å². The van der Waals surface area contributed by atoms with Crippen LogP contribution >= 0.6 is 0 Å². The van der Waals surface area contributed by atoms with E-state index in [2.05, 4.69) is 15.3 Å². The Balaban J connectivity index is 1.44. The minimum absolute atomic E-state index is 0.167. The maximum Gasteiger partial charge on any atom is 0.277 e. The molecule has 7 nitrogen and oxygen atoms in total. The van der Waals surface area contributed by atoms with Crippen LogP contribution in [0.1, 0.15) is 35.2 Å². The van der Waals surface area contributed by atoms with Crippen molar-refractivity contribution in [1.82, 2.24) is 24.4 Å². The van der Waals surface area contributed by atoms with Crippen molar-refractivity contribution >= 4 is 22.5 Å². The van der Waals surface area contributed by atoms with Gasteiger partial charge >= 0.3 is 0 Å². The topological polar surface area (TPSA) is 71.6 Å². The summed E-state index contributed by atoms with van der Waals surface area (Å²) in [6.07, 6.45) is 5.00. The highest BCUT2D eigenvalue weighted by atomic mass is 19.1. The van der Waals surface area contributed by atoms with Crippen LogP contribution in [0.15, 0.2) is 59.5 Å². The smallest absolute Gasteiger partial charge is 0.277 e. The third kappa shape index (κ3) is 4.39. The second-order valence-corrected chi connectivity index (χ2v) is 8.51. The fourth-order valence-corrected chi connectivity index (χ4v) is 4.51. The van der Waals surface area contributed by atoms with E-state index < -0.39 is 0 Å². The van der Waals surface area contributed by atoms with E-state index in [9.17, 15) is 14.0 Å². The Hall–Kier alpha value is -3.52. The highest BCUT2D eigenvalue weighted by Gasteiger charge is 2.15. The molecule has 1 aliphatic rings. The van der Waals surface area contributed by atoms with E-state index >= 15 is 0 Å². The predicted octanol–water partition coefficient (Wildman–Crippen LogP) is 3.05. The number of nitrogens with one attached hydrogen (secondary N) is 1. The van der Waals surface area contributed by atoms with E-state index in [1.807, 2.05) is 6.07 Å². The Morgan fingerprint density at radius 2 is 1.79 bits per heavy atom. The maximum absolute atomic E-state index is 13.4. The third-order valence-electron chi connectivity index (χ3n) is 6.25. The number of rotatable bonds is 7. The Bertz CT molecular complexity index is 1350. The number of likely N-dealkylation sites (tertiary alicyclic amines) is 1. The maximum atomic E-state index is 13.4. The summed E-state index contributed by atoms with van der Waals surface area (Å²) >= 11 is 0. The van der Waals surface area contributed by atoms with E-state index in [4.69, 9.17) is 0 Å². The van der Waals surface area contributed by atoms with Gasteiger partial charge in [-0.2, -0.15) is 5.10 Å². The molecule has 0 spiro atoms. The number of hydrogen-bond acceptors (Lipinski definition) is 4. The number of aromatic nitrogens is 3. The number of carbonyl (C=O) groups excluding carboxylic acids is 1. The van der Waals surface area contributed by atoms with Gasteiger partial charge in [0, 0.05) is 12.1 Å². The van der Waals surface area contributed by atoms with Crippen LogP contribution in [-0.4, -0.2) is 51.2 Å². The summed E-state index contributed by atoms with van der Waals surface area (Å²) < 4.78 is 16.6. The van der Waals surface area contributed by atoms with Crippen LogP contribution in [0.4, 0.5) is 4.39 Å². The average molecular weight is 448 g/mol. The van der Waals surface area contributed by atoms with Gasteiger partial charge in [0.25, 0.3) is 11.5 Å². The molecule has 1 saturated heterocycles. The van der Waals surface area contributed by atoms with Gasteiger partial charge in [0.1, 0.15) is 11.3 Å². The summed E-state index contributed by atoms with van der Waals surface area (Å²) in [4.78, 5) is 28.5. The van der Waals surface area contributed by atoms with Crippen molar-refractivity contribution in [2.45, 2.75) is 25.8 Å². The summed E-state index contributed by atoms with van der Waals surface area (Å²) in [6, 6.07) is 13.0. The van der Waals surface area contributed by atoms with Crippen molar-refractivity contribution in [3.63, 3.8) is 0 Å². The molecule has 170 valence electrons. The molecule has 1 amide bonds. The molecule has 1 N–H and O–H groups in total. The molecule has 1 fully saturated rings. The molecular formula is C25H26FN5O2. The highest BCUT2D eigenvalue weighted by molar-refractivity contribution is 5.97. The Kier molecular flexibility index (Phi) is 5.92. The van der Waals surface area contributed by atoms with Crippen LogP contribution in [0.3, 0.4) is 0 Å². The van der Waals surface area contributed by atoms with Gasteiger partial charge in [-0.05, 0) is 80.9 Å². The fraction of sp³-hybridized carbons (Fsp3) is 0.320. The molecule has 3 heterocycles. The molecule has 2 aromatic heterocycles. The summed E-state index contributed by atoms with van der Waals surface area (Å²) in [5.41, 5.74) is 2.84. The number of benzene rings is 2. The van der Waals surface area contributed by atoms with Crippen molar-refractivity contribution in [3.05, 3.63) is 82.0 Å². The Morgan fingerprint density at radius 3 is 2.58 bits per heavy atom. The molecule has 1 aliphatic heterocycles. The summed E-state index contributed by atoms with van der Waals surface area (Å²) in [5.74, 6) is -0.495. The molecule has 0 bridgehead atoms. The Morgan fingerprint density at radius 1 is 1.00 bits per heavy atom. The zero-order chi connectivity index (χ0) is 22.8. The minimum Gasteiger partial charge on any atom is -0.352 e. The number of nitrogens with zero attached hydrogens (tertiary/aromatic N) is 4. The fourth-order valence-electron chi connectivity index (χ4n) is 4.51. The van der Waals surface area contributed by atoms with Crippen molar-refractivity contribution < 1.29 is 9.18 Å². The van der Waals surface area contributed by atoms with E-state index in [0.717, 1.165) is 37.1 Å². The lowest BCUT2D eigenvalue weighted by molar-refractivity contribution is 0.0952. The molecule has 0 saturated carbocycles. The zero-order valence-corrected chi connectivity index (χ0v) is 18.3. The molecule has 4 aromatic rings. The number of carbonyl (C=O) groups is 1. The van der Waals surface area contributed by atoms with Gasteiger partial charge in [-0.15, -0.1) is 0 Å². The third-order valence-corrected chi connectivity index (χ3v) is 6.25. The molecule has 5 rings (SSSR count). The number of halogens is 1. The lowest BCUT2D eigenvalue weighted by atomic mass is 10.1. The molecular weight excluding hydrogens is 421 g/mol. The number of hydrogen-bond donors (Lipinski definition) is 1. The van der Waals surface area contributed by atoms with Crippen LogP contribution in [0.2, 0.25) is 0 Å². The number of amides is 1. The van der Waals surface area contributed by atoms with Gasteiger partial charge in [0.15, 0.2) is 0 Å². The van der Waals surface area contributed by atoms with E-state index in [1.165, 1.54) is 25.0 Å². The van der Waals surface area contributed by atoms with Gasteiger partial charge in [-0.3, -0.25) is 9.59 Å². The van der Waals surface area contributed by atoms with E-state index in [1.54, 1.807) is 45.6 Å². The molecule has 0 aliphatic carbocycles. The monoisotopic (exact) mass is 447 g/mol. The first-order valence-corrected chi connectivity index (χ1v) is 11.4. The second-order valence-electron chi connectivity index (χ2n) is 8.51. The molecule has 2 aromatic carbocycles. The van der Waals surface area contributed by atoms with E-state index in [0.29, 0.717) is 23.1 Å². The standard InChI is InChI=1S/C25H26FN5O2/c26-20-7-4-18(5-8-20)17-30-23-16-19(24(32)27-11-3-15-29-13-1-2-14-29)6-9-21(23)31-22(25(30)33)10-12-28-31/h4-10,12,16H,1-3,11,13-15,17H2,(H,27,32). The lowest BCUT2D eigenvalue weighted by Gasteiger charge is -2.15. The van der Waals surface area contributed by atoms with Crippen molar-refractivity contribution in [2.24, 2.45) is 0 Å². The predicted molar refractivity (Wildman–Crippen MR) is 125 cm³/mol. The van der Waals surface area contributed by atoms with Crippen molar-refractivity contribution in [1.29, 1.82) is 0 Å². The van der Waals surface area contributed by atoms with Crippen LogP contribution < -0.4 is 10.9 Å². The largest absolute Gasteiger partial charge is 0.352 e. The van der Waals surface area contributed by atoms with Crippen LogP contribution in [-0.2, 0) is 6.54 Å². The van der Waals surface area contributed by atoms with Crippen LogP contribution in [0.25, 0.3) is 16.6 Å². The normalized spacial score (nSPS) is 14.3. The average Bonchev–Trinajstić information content (AvgIpc) is 3.53.